The highest BCUT2D eigenvalue weighted by Gasteiger charge is 2.27. The molecular weight excluding hydrogens is 328 g/mol. The molecule has 3 rings (SSSR count). The molecule has 7 heteroatoms. The molecule has 0 spiro atoms. The number of hydrogen-bond acceptors (Lipinski definition) is 5. The minimum absolute atomic E-state index is 0.0621. The molecule has 0 N–H and O–H groups in total. The zero-order valence-corrected chi connectivity index (χ0v) is 14.7. The number of benzene rings is 1. The maximum absolute atomic E-state index is 12.5. The summed E-state index contributed by atoms with van der Waals surface area (Å²) in [4.78, 5) is 16.6. The number of carbonyl (C=O) groups is 1. The van der Waals surface area contributed by atoms with Gasteiger partial charge in [-0.3, -0.25) is 9.69 Å². The monoisotopic (exact) mass is 348 g/mol. The molecule has 24 heavy (non-hydrogen) atoms. The van der Waals surface area contributed by atoms with E-state index in [1.54, 1.807) is 6.92 Å². The molecule has 1 amide bonds. The number of carbonyl (C=O) groups excluding carboxylic acids is 1. The van der Waals surface area contributed by atoms with Gasteiger partial charge in [0.1, 0.15) is 0 Å². The Morgan fingerprint density at radius 3 is 2.58 bits per heavy atom. The van der Waals surface area contributed by atoms with Crippen LogP contribution < -0.4 is 0 Å². The van der Waals surface area contributed by atoms with E-state index in [-0.39, 0.29) is 11.9 Å². The van der Waals surface area contributed by atoms with Crippen LogP contribution in [0, 0.1) is 6.92 Å². The van der Waals surface area contributed by atoms with Crippen LogP contribution in [0.5, 0.6) is 0 Å². The third kappa shape index (κ3) is 3.76. The van der Waals surface area contributed by atoms with Gasteiger partial charge in [0.2, 0.25) is 17.7 Å². The molecule has 1 aromatic carbocycles. The third-order valence-electron chi connectivity index (χ3n) is 4.41. The van der Waals surface area contributed by atoms with E-state index < -0.39 is 0 Å². The van der Waals surface area contributed by atoms with E-state index >= 15 is 0 Å². The average Bonchev–Trinajstić information content (AvgIpc) is 3.03. The van der Waals surface area contributed by atoms with Crippen LogP contribution in [0.4, 0.5) is 0 Å². The molecule has 2 aromatic rings. The van der Waals surface area contributed by atoms with Crippen LogP contribution in [0.15, 0.2) is 28.7 Å². The van der Waals surface area contributed by atoms with Crippen LogP contribution in [-0.4, -0.2) is 52.1 Å². The summed E-state index contributed by atoms with van der Waals surface area (Å²) in [5.74, 6) is 1.32. The van der Waals surface area contributed by atoms with E-state index in [0.29, 0.717) is 36.3 Å². The molecule has 128 valence electrons. The Hall–Kier alpha value is -1.92. The van der Waals surface area contributed by atoms with Gasteiger partial charge in [0, 0.05) is 38.1 Å². The molecule has 2 heterocycles. The summed E-state index contributed by atoms with van der Waals surface area (Å²) < 4.78 is 5.51. The molecule has 1 fully saturated rings. The van der Waals surface area contributed by atoms with E-state index in [1.165, 1.54) is 0 Å². The van der Waals surface area contributed by atoms with Crippen molar-refractivity contribution < 1.29 is 9.21 Å². The van der Waals surface area contributed by atoms with E-state index in [2.05, 4.69) is 15.1 Å². The second-order valence-electron chi connectivity index (χ2n) is 6.02. The molecule has 1 saturated heterocycles. The highest BCUT2D eigenvalue weighted by Crippen LogP contribution is 2.21. The Morgan fingerprint density at radius 2 is 1.96 bits per heavy atom. The Balaban J connectivity index is 1.55. The second-order valence-corrected chi connectivity index (χ2v) is 6.43. The molecular formula is C17H21ClN4O2. The van der Waals surface area contributed by atoms with Crippen LogP contribution in [0.1, 0.15) is 30.3 Å². The smallest absolute Gasteiger partial charge is 0.233 e. The number of rotatable bonds is 4. The highest BCUT2D eigenvalue weighted by molar-refractivity contribution is 6.31. The van der Waals surface area contributed by atoms with Crippen LogP contribution in [0.3, 0.4) is 0 Å². The first-order chi connectivity index (χ1) is 11.5. The summed E-state index contributed by atoms with van der Waals surface area (Å²) in [6, 6.07) is 7.55. The molecule has 0 aliphatic carbocycles. The minimum Gasteiger partial charge on any atom is -0.424 e. The molecule has 1 aliphatic heterocycles. The lowest BCUT2D eigenvalue weighted by Gasteiger charge is -2.37. The van der Waals surface area contributed by atoms with Crippen molar-refractivity contribution in [1.82, 2.24) is 20.0 Å². The minimum atomic E-state index is 0.0621. The SMILES string of the molecule is Cc1nnc(C(C)N2CCN(C(=O)Cc3ccccc3Cl)CC2)o1. The summed E-state index contributed by atoms with van der Waals surface area (Å²) in [5, 5.41) is 8.61. The largest absolute Gasteiger partial charge is 0.424 e. The van der Waals surface area contributed by atoms with Gasteiger partial charge >= 0.3 is 0 Å². The molecule has 0 saturated carbocycles. The summed E-state index contributed by atoms with van der Waals surface area (Å²) in [7, 11) is 0. The Morgan fingerprint density at radius 1 is 1.25 bits per heavy atom. The lowest BCUT2D eigenvalue weighted by atomic mass is 10.1. The van der Waals surface area contributed by atoms with Crippen molar-refractivity contribution in [2.24, 2.45) is 0 Å². The average molecular weight is 349 g/mol. The molecule has 1 aromatic heterocycles. The standard InChI is InChI=1S/C17H21ClN4O2/c1-12(17-20-19-13(2)24-17)21-7-9-22(10-8-21)16(23)11-14-5-3-4-6-15(14)18/h3-6,12H,7-11H2,1-2H3. The molecule has 6 nitrogen and oxygen atoms in total. The Kier molecular flexibility index (Phi) is 5.16. The van der Waals surface area contributed by atoms with E-state index in [9.17, 15) is 4.79 Å². The predicted molar refractivity (Wildman–Crippen MR) is 90.8 cm³/mol. The first-order valence-electron chi connectivity index (χ1n) is 8.10. The van der Waals surface area contributed by atoms with Crippen molar-refractivity contribution in [3.8, 4) is 0 Å². The van der Waals surface area contributed by atoms with Gasteiger partial charge in [-0.2, -0.15) is 0 Å². The fourth-order valence-electron chi connectivity index (χ4n) is 2.91. The number of halogens is 1. The highest BCUT2D eigenvalue weighted by atomic mass is 35.5. The van der Waals surface area contributed by atoms with Gasteiger partial charge in [-0.25, -0.2) is 0 Å². The Labute approximate surface area is 146 Å². The summed E-state index contributed by atoms with van der Waals surface area (Å²) in [5.41, 5.74) is 0.876. The maximum Gasteiger partial charge on any atom is 0.233 e. The quantitative estimate of drug-likeness (QED) is 0.849. The van der Waals surface area contributed by atoms with Crippen molar-refractivity contribution in [3.63, 3.8) is 0 Å². The van der Waals surface area contributed by atoms with Crippen molar-refractivity contribution in [3.05, 3.63) is 46.6 Å². The number of piperazine rings is 1. The van der Waals surface area contributed by atoms with Gasteiger partial charge in [-0.1, -0.05) is 29.8 Å². The number of aryl methyl sites for hydroxylation is 1. The van der Waals surface area contributed by atoms with Crippen molar-refractivity contribution >= 4 is 17.5 Å². The Bertz CT molecular complexity index is 710. The topological polar surface area (TPSA) is 62.5 Å². The number of hydrogen-bond donors (Lipinski definition) is 0. The van der Waals surface area contributed by atoms with Gasteiger partial charge < -0.3 is 9.32 Å². The molecule has 0 bridgehead atoms. The fraction of sp³-hybridized carbons (Fsp3) is 0.471. The zero-order valence-electron chi connectivity index (χ0n) is 13.9. The first-order valence-corrected chi connectivity index (χ1v) is 8.47. The molecule has 1 unspecified atom stereocenters. The van der Waals surface area contributed by atoms with E-state index in [0.717, 1.165) is 18.7 Å². The normalized spacial score (nSPS) is 17.0. The van der Waals surface area contributed by atoms with Gasteiger partial charge in [0.05, 0.1) is 12.5 Å². The predicted octanol–water partition coefficient (Wildman–Crippen LogP) is 2.48. The number of aromatic nitrogens is 2. The number of amides is 1. The van der Waals surface area contributed by atoms with Crippen LogP contribution in [-0.2, 0) is 11.2 Å². The van der Waals surface area contributed by atoms with E-state index in [1.807, 2.05) is 36.1 Å². The van der Waals surface area contributed by atoms with Gasteiger partial charge in [0.25, 0.3) is 0 Å². The molecule has 1 atom stereocenters. The van der Waals surface area contributed by atoms with Crippen LogP contribution in [0.25, 0.3) is 0 Å². The van der Waals surface area contributed by atoms with Gasteiger partial charge in [-0.15, -0.1) is 10.2 Å². The summed E-state index contributed by atoms with van der Waals surface area (Å²) in [6.07, 6.45) is 0.345. The van der Waals surface area contributed by atoms with Crippen molar-refractivity contribution in [2.75, 3.05) is 26.2 Å². The van der Waals surface area contributed by atoms with E-state index in [4.69, 9.17) is 16.0 Å². The summed E-state index contributed by atoms with van der Waals surface area (Å²) >= 11 is 6.14. The second kappa shape index (κ2) is 7.32. The van der Waals surface area contributed by atoms with Crippen LogP contribution in [0.2, 0.25) is 5.02 Å². The maximum atomic E-state index is 12.5. The zero-order chi connectivity index (χ0) is 17.1. The molecule has 1 aliphatic rings. The summed E-state index contributed by atoms with van der Waals surface area (Å²) in [6.45, 7) is 6.80. The van der Waals surface area contributed by atoms with Crippen LogP contribution >= 0.6 is 11.6 Å². The van der Waals surface area contributed by atoms with Crippen molar-refractivity contribution in [2.45, 2.75) is 26.3 Å². The first kappa shape index (κ1) is 16.9. The van der Waals surface area contributed by atoms with Gasteiger partial charge in [-0.05, 0) is 18.6 Å². The lowest BCUT2D eigenvalue weighted by molar-refractivity contribution is -0.132. The fourth-order valence-corrected chi connectivity index (χ4v) is 3.11. The van der Waals surface area contributed by atoms with Gasteiger partial charge in [0.15, 0.2) is 0 Å². The van der Waals surface area contributed by atoms with Crippen molar-refractivity contribution in [1.29, 1.82) is 0 Å². The lowest BCUT2D eigenvalue weighted by Crippen LogP contribution is -2.49. The number of nitrogens with zero attached hydrogens (tertiary/aromatic N) is 4. The molecule has 0 radical (unpaired) electrons. The third-order valence-corrected chi connectivity index (χ3v) is 4.78.